The Labute approximate surface area is 124 Å². The van der Waals surface area contributed by atoms with E-state index < -0.39 is 0 Å². The first kappa shape index (κ1) is 15.8. The normalized spacial score (nSPS) is 26.6. The first-order chi connectivity index (χ1) is 9.50. The lowest BCUT2D eigenvalue weighted by molar-refractivity contribution is 0.259. The zero-order valence-corrected chi connectivity index (χ0v) is 13.4. The third-order valence-corrected chi connectivity index (χ3v) is 4.62. The molecule has 2 fully saturated rings. The van der Waals surface area contributed by atoms with Crippen molar-refractivity contribution in [2.24, 2.45) is 5.92 Å². The molecule has 0 aromatic heterocycles. The minimum atomic E-state index is -0.324. The van der Waals surface area contributed by atoms with Crippen LogP contribution in [0.4, 0.5) is 0 Å². The second-order valence-electron chi connectivity index (χ2n) is 7.15. The van der Waals surface area contributed by atoms with Crippen LogP contribution in [-0.4, -0.2) is 61.7 Å². The first-order valence-corrected chi connectivity index (χ1v) is 8.07. The Hall–Kier alpha value is -0.630. The minimum Gasteiger partial charge on any atom is -0.306 e. The summed E-state index contributed by atoms with van der Waals surface area (Å²) in [5.41, 5.74) is -0.324. The van der Waals surface area contributed by atoms with Gasteiger partial charge in [0.25, 0.3) is 0 Å². The fourth-order valence-electron chi connectivity index (χ4n) is 3.25. The van der Waals surface area contributed by atoms with Gasteiger partial charge in [0.1, 0.15) is 5.54 Å². The highest BCUT2D eigenvalue weighted by Crippen LogP contribution is 2.24. The van der Waals surface area contributed by atoms with Crippen molar-refractivity contribution >= 4 is 0 Å². The van der Waals surface area contributed by atoms with Gasteiger partial charge in [-0.15, -0.1) is 0 Å². The van der Waals surface area contributed by atoms with Crippen LogP contribution in [-0.2, 0) is 0 Å². The number of rotatable bonds is 8. The fourth-order valence-corrected chi connectivity index (χ4v) is 3.25. The minimum absolute atomic E-state index is 0.324. The molecule has 0 aromatic rings. The highest BCUT2D eigenvalue weighted by molar-refractivity contribution is 5.07. The maximum absolute atomic E-state index is 9.35. The van der Waals surface area contributed by atoms with Crippen LogP contribution in [0.3, 0.4) is 0 Å². The molecule has 2 rings (SSSR count). The summed E-state index contributed by atoms with van der Waals surface area (Å²) in [4.78, 5) is 4.86. The Balaban J connectivity index is 1.62. The quantitative estimate of drug-likeness (QED) is 0.733. The zero-order valence-electron chi connectivity index (χ0n) is 13.4. The van der Waals surface area contributed by atoms with Gasteiger partial charge in [-0.1, -0.05) is 0 Å². The Morgan fingerprint density at radius 2 is 2.15 bits per heavy atom. The van der Waals surface area contributed by atoms with E-state index in [1.54, 1.807) is 0 Å². The van der Waals surface area contributed by atoms with E-state index in [1.807, 2.05) is 0 Å². The third-order valence-electron chi connectivity index (χ3n) is 4.62. The molecule has 1 N–H and O–H groups in total. The number of likely N-dealkylation sites (tertiary alicyclic amines) is 1. The van der Waals surface area contributed by atoms with Crippen molar-refractivity contribution in [3.63, 3.8) is 0 Å². The van der Waals surface area contributed by atoms with Crippen LogP contribution in [0.5, 0.6) is 0 Å². The van der Waals surface area contributed by atoms with E-state index in [2.05, 4.69) is 42.2 Å². The van der Waals surface area contributed by atoms with Crippen molar-refractivity contribution in [3.05, 3.63) is 0 Å². The highest BCUT2D eigenvalue weighted by Gasteiger charge is 2.32. The zero-order chi connectivity index (χ0) is 14.6. The number of hydrogen-bond acceptors (Lipinski definition) is 4. The summed E-state index contributed by atoms with van der Waals surface area (Å²) in [6.45, 7) is 6.84. The SMILES string of the molecule is CN(CCCC(C)(C#N)NC1CC1)CC1CCN(C)C1. The molecule has 1 saturated heterocycles. The summed E-state index contributed by atoms with van der Waals surface area (Å²) < 4.78 is 0. The fraction of sp³-hybridized carbons (Fsp3) is 0.938. The number of nitrogens with zero attached hydrogens (tertiary/aromatic N) is 3. The molecular formula is C16H30N4. The average Bonchev–Trinajstić information content (AvgIpc) is 3.11. The molecule has 4 nitrogen and oxygen atoms in total. The van der Waals surface area contributed by atoms with Crippen LogP contribution in [0.1, 0.15) is 39.0 Å². The molecule has 0 aromatic carbocycles. The standard InChI is InChI=1S/C16H30N4/c1-16(13-17,18-15-5-6-15)8-4-9-19(2)11-14-7-10-20(3)12-14/h14-15,18H,4-12H2,1-3H3. The number of nitrogens with one attached hydrogen (secondary N) is 1. The third kappa shape index (κ3) is 5.05. The predicted octanol–water partition coefficient (Wildman–Crippen LogP) is 1.68. The van der Waals surface area contributed by atoms with Crippen LogP contribution in [0.2, 0.25) is 0 Å². The maximum Gasteiger partial charge on any atom is 0.104 e. The molecule has 0 radical (unpaired) electrons. The van der Waals surface area contributed by atoms with Crippen molar-refractivity contribution < 1.29 is 0 Å². The van der Waals surface area contributed by atoms with Gasteiger partial charge in [-0.3, -0.25) is 5.32 Å². The van der Waals surface area contributed by atoms with Gasteiger partial charge in [-0.25, -0.2) is 0 Å². The molecule has 1 heterocycles. The molecule has 1 aliphatic carbocycles. The van der Waals surface area contributed by atoms with E-state index in [1.165, 1.54) is 38.9 Å². The molecule has 0 amide bonds. The monoisotopic (exact) mass is 278 g/mol. The van der Waals surface area contributed by atoms with Crippen molar-refractivity contribution in [1.29, 1.82) is 5.26 Å². The lowest BCUT2D eigenvalue weighted by atomic mass is 9.97. The molecule has 1 aliphatic heterocycles. The smallest absolute Gasteiger partial charge is 0.104 e. The first-order valence-electron chi connectivity index (χ1n) is 8.07. The lowest BCUT2D eigenvalue weighted by Crippen LogP contribution is -2.43. The Bertz CT molecular complexity index is 347. The summed E-state index contributed by atoms with van der Waals surface area (Å²) in [6.07, 6.45) is 5.87. The predicted molar refractivity (Wildman–Crippen MR) is 82.5 cm³/mol. The molecule has 2 unspecified atom stereocenters. The van der Waals surface area contributed by atoms with Gasteiger partial charge in [0, 0.05) is 19.1 Å². The van der Waals surface area contributed by atoms with Gasteiger partial charge in [-0.2, -0.15) is 5.26 Å². The van der Waals surface area contributed by atoms with Crippen molar-refractivity contribution in [2.75, 3.05) is 40.3 Å². The summed E-state index contributed by atoms with van der Waals surface area (Å²) in [6, 6.07) is 3.07. The van der Waals surface area contributed by atoms with Gasteiger partial charge < -0.3 is 9.80 Å². The van der Waals surface area contributed by atoms with E-state index in [9.17, 15) is 5.26 Å². The summed E-state index contributed by atoms with van der Waals surface area (Å²) in [7, 11) is 4.43. The summed E-state index contributed by atoms with van der Waals surface area (Å²) >= 11 is 0. The second kappa shape index (κ2) is 6.89. The largest absolute Gasteiger partial charge is 0.306 e. The van der Waals surface area contributed by atoms with E-state index in [-0.39, 0.29) is 5.54 Å². The Kier molecular flexibility index (Phi) is 5.42. The molecule has 1 saturated carbocycles. The van der Waals surface area contributed by atoms with E-state index in [0.29, 0.717) is 6.04 Å². The van der Waals surface area contributed by atoms with Gasteiger partial charge >= 0.3 is 0 Å². The molecule has 2 atom stereocenters. The molecule has 4 heteroatoms. The van der Waals surface area contributed by atoms with Gasteiger partial charge in [0.15, 0.2) is 0 Å². The highest BCUT2D eigenvalue weighted by atomic mass is 15.1. The van der Waals surface area contributed by atoms with Crippen LogP contribution >= 0.6 is 0 Å². The maximum atomic E-state index is 9.35. The number of nitriles is 1. The molecule has 114 valence electrons. The van der Waals surface area contributed by atoms with Crippen molar-refractivity contribution in [3.8, 4) is 6.07 Å². The van der Waals surface area contributed by atoms with Crippen LogP contribution < -0.4 is 5.32 Å². The summed E-state index contributed by atoms with van der Waals surface area (Å²) in [5, 5.41) is 12.8. The van der Waals surface area contributed by atoms with E-state index >= 15 is 0 Å². The van der Waals surface area contributed by atoms with Crippen molar-refractivity contribution in [2.45, 2.75) is 50.6 Å². The molecule has 2 aliphatic rings. The molecule has 0 bridgehead atoms. The topological polar surface area (TPSA) is 42.3 Å². The second-order valence-corrected chi connectivity index (χ2v) is 7.15. The van der Waals surface area contributed by atoms with Crippen LogP contribution in [0.25, 0.3) is 0 Å². The van der Waals surface area contributed by atoms with Gasteiger partial charge in [0.05, 0.1) is 6.07 Å². The van der Waals surface area contributed by atoms with Crippen LogP contribution in [0.15, 0.2) is 0 Å². The lowest BCUT2D eigenvalue weighted by Gasteiger charge is -2.25. The molecule has 0 spiro atoms. The van der Waals surface area contributed by atoms with Gasteiger partial charge in [-0.05, 0) is 72.1 Å². The Morgan fingerprint density at radius 3 is 2.70 bits per heavy atom. The Morgan fingerprint density at radius 1 is 1.40 bits per heavy atom. The van der Waals surface area contributed by atoms with E-state index in [0.717, 1.165) is 25.3 Å². The van der Waals surface area contributed by atoms with Crippen LogP contribution in [0, 0.1) is 17.2 Å². The van der Waals surface area contributed by atoms with E-state index in [4.69, 9.17) is 0 Å². The molecule has 20 heavy (non-hydrogen) atoms. The average molecular weight is 278 g/mol. The number of hydrogen-bond donors (Lipinski definition) is 1. The van der Waals surface area contributed by atoms with Crippen molar-refractivity contribution in [1.82, 2.24) is 15.1 Å². The molecular weight excluding hydrogens is 248 g/mol. The summed E-state index contributed by atoms with van der Waals surface area (Å²) in [5.74, 6) is 0.830. The van der Waals surface area contributed by atoms with Gasteiger partial charge in [0.2, 0.25) is 0 Å².